The quantitative estimate of drug-likeness (QED) is 0.629. The molecule has 2 rings (SSSR count). The van der Waals surface area contributed by atoms with Crippen molar-refractivity contribution in [1.82, 2.24) is 5.06 Å². The van der Waals surface area contributed by atoms with Gasteiger partial charge in [0.05, 0.1) is 13.2 Å². The molecule has 2 heterocycles. The van der Waals surface area contributed by atoms with Crippen LogP contribution in [0.3, 0.4) is 0 Å². The average Bonchev–Trinajstić information content (AvgIpc) is 2.70. The molecule has 2 aliphatic rings. The number of carbonyl (C=O) groups excluding carboxylic acids is 1. The van der Waals surface area contributed by atoms with Crippen LogP contribution in [0.4, 0.5) is 0 Å². The maximum atomic E-state index is 11.9. The molecule has 0 aliphatic carbocycles. The lowest BCUT2D eigenvalue weighted by atomic mass is 9.90. The fourth-order valence-electron chi connectivity index (χ4n) is 1.81. The van der Waals surface area contributed by atoms with Crippen LogP contribution >= 0.6 is 0 Å². The lowest BCUT2D eigenvalue weighted by Gasteiger charge is -2.34. The van der Waals surface area contributed by atoms with Crippen LogP contribution in [-0.2, 0) is 14.4 Å². The van der Waals surface area contributed by atoms with Crippen LogP contribution in [0.15, 0.2) is 0 Å². The fourth-order valence-corrected chi connectivity index (χ4v) is 1.81. The molecule has 0 radical (unpaired) electrons. The minimum absolute atomic E-state index is 0.0849. The van der Waals surface area contributed by atoms with Crippen LogP contribution < -0.4 is 5.73 Å². The standard InChI is InChI=1S/C9H16N2O3/c10-9(2-6-13-7-3-9)8(12)11-4-1-5-14-11/h1-7,10H2. The largest absolute Gasteiger partial charge is 0.381 e. The van der Waals surface area contributed by atoms with Gasteiger partial charge in [0.1, 0.15) is 5.54 Å². The number of hydrogen-bond donors (Lipinski definition) is 1. The van der Waals surface area contributed by atoms with Gasteiger partial charge in [-0.15, -0.1) is 0 Å². The molecule has 0 saturated carbocycles. The second kappa shape index (κ2) is 3.84. The summed E-state index contributed by atoms with van der Waals surface area (Å²) in [5.74, 6) is -0.0849. The van der Waals surface area contributed by atoms with Gasteiger partial charge in [0.15, 0.2) is 0 Å². The van der Waals surface area contributed by atoms with Crippen molar-refractivity contribution in [2.24, 2.45) is 5.73 Å². The van der Waals surface area contributed by atoms with Crippen LogP contribution in [-0.4, -0.2) is 42.9 Å². The Morgan fingerprint density at radius 2 is 2.00 bits per heavy atom. The number of carbonyl (C=O) groups is 1. The number of hydrogen-bond acceptors (Lipinski definition) is 4. The zero-order chi connectivity index (χ0) is 10.0. The highest BCUT2D eigenvalue weighted by molar-refractivity contribution is 5.85. The van der Waals surface area contributed by atoms with Gasteiger partial charge in [-0.3, -0.25) is 9.63 Å². The molecule has 2 fully saturated rings. The van der Waals surface area contributed by atoms with Gasteiger partial charge < -0.3 is 10.5 Å². The van der Waals surface area contributed by atoms with E-state index in [9.17, 15) is 4.79 Å². The van der Waals surface area contributed by atoms with Crippen molar-refractivity contribution in [2.45, 2.75) is 24.8 Å². The number of rotatable bonds is 1. The van der Waals surface area contributed by atoms with Crippen molar-refractivity contribution in [2.75, 3.05) is 26.4 Å². The zero-order valence-electron chi connectivity index (χ0n) is 8.20. The van der Waals surface area contributed by atoms with E-state index >= 15 is 0 Å². The van der Waals surface area contributed by atoms with Gasteiger partial charge >= 0.3 is 0 Å². The Morgan fingerprint density at radius 1 is 1.29 bits per heavy atom. The Bertz CT molecular complexity index is 220. The average molecular weight is 200 g/mol. The third-order valence-corrected chi connectivity index (χ3v) is 2.79. The smallest absolute Gasteiger partial charge is 0.266 e. The fraction of sp³-hybridized carbons (Fsp3) is 0.889. The van der Waals surface area contributed by atoms with Gasteiger partial charge in [0.25, 0.3) is 5.91 Å². The number of nitrogens with zero attached hydrogens (tertiary/aromatic N) is 1. The summed E-state index contributed by atoms with van der Waals surface area (Å²) in [5.41, 5.74) is 5.27. The van der Waals surface area contributed by atoms with Crippen molar-refractivity contribution >= 4 is 5.91 Å². The minimum atomic E-state index is -0.761. The monoisotopic (exact) mass is 200 g/mol. The first kappa shape index (κ1) is 9.89. The summed E-state index contributed by atoms with van der Waals surface area (Å²) >= 11 is 0. The normalized spacial score (nSPS) is 26.5. The van der Waals surface area contributed by atoms with E-state index in [1.807, 2.05) is 0 Å². The third kappa shape index (κ3) is 1.75. The summed E-state index contributed by atoms with van der Waals surface area (Å²) < 4.78 is 5.19. The molecule has 2 saturated heterocycles. The predicted molar refractivity (Wildman–Crippen MR) is 49.3 cm³/mol. The molecule has 0 atom stereocenters. The van der Waals surface area contributed by atoms with Gasteiger partial charge in [-0.1, -0.05) is 0 Å². The molecule has 0 aromatic heterocycles. The molecule has 0 spiro atoms. The molecule has 5 heteroatoms. The van der Waals surface area contributed by atoms with E-state index in [0.29, 0.717) is 39.2 Å². The van der Waals surface area contributed by atoms with Crippen molar-refractivity contribution < 1.29 is 14.4 Å². The van der Waals surface area contributed by atoms with E-state index in [1.54, 1.807) is 0 Å². The van der Waals surface area contributed by atoms with Crippen LogP contribution in [0.1, 0.15) is 19.3 Å². The van der Waals surface area contributed by atoms with Gasteiger partial charge in [-0.25, -0.2) is 5.06 Å². The summed E-state index contributed by atoms with van der Waals surface area (Å²) in [6.07, 6.45) is 2.08. The maximum Gasteiger partial charge on any atom is 0.266 e. The third-order valence-electron chi connectivity index (χ3n) is 2.79. The molecule has 80 valence electrons. The van der Waals surface area contributed by atoms with Gasteiger partial charge in [0.2, 0.25) is 0 Å². The highest BCUT2D eigenvalue weighted by atomic mass is 16.7. The first-order valence-corrected chi connectivity index (χ1v) is 5.04. The Labute approximate surface area is 83.1 Å². The van der Waals surface area contributed by atoms with Crippen LogP contribution in [0.2, 0.25) is 0 Å². The Hall–Kier alpha value is -0.650. The summed E-state index contributed by atoms with van der Waals surface area (Å²) in [5, 5.41) is 1.41. The molecule has 0 unspecified atom stereocenters. The topological polar surface area (TPSA) is 64.8 Å². The lowest BCUT2D eigenvalue weighted by Crippen LogP contribution is -2.57. The van der Waals surface area contributed by atoms with Gasteiger partial charge in [-0.05, 0) is 19.3 Å². The maximum absolute atomic E-state index is 11.9. The number of amides is 1. The minimum Gasteiger partial charge on any atom is -0.381 e. The van der Waals surface area contributed by atoms with Crippen LogP contribution in [0.25, 0.3) is 0 Å². The zero-order valence-corrected chi connectivity index (χ0v) is 8.20. The SMILES string of the molecule is NC1(C(=O)N2CCCO2)CCOCC1. The molecule has 0 bridgehead atoms. The molecular weight excluding hydrogens is 184 g/mol. The second-order valence-electron chi connectivity index (χ2n) is 3.86. The molecule has 2 aliphatic heterocycles. The summed E-state index contributed by atoms with van der Waals surface area (Å²) in [6, 6.07) is 0. The highest BCUT2D eigenvalue weighted by Crippen LogP contribution is 2.22. The number of hydroxylamine groups is 2. The summed E-state index contributed by atoms with van der Waals surface area (Å²) in [4.78, 5) is 17.1. The Kier molecular flexibility index (Phi) is 2.71. The van der Waals surface area contributed by atoms with Crippen LogP contribution in [0, 0.1) is 0 Å². The van der Waals surface area contributed by atoms with E-state index in [1.165, 1.54) is 5.06 Å². The van der Waals surface area contributed by atoms with Crippen molar-refractivity contribution in [3.63, 3.8) is 0 Å². The number of nitrogens with two attached hydrogens (primary N) is 1. The van der Waals surface area contributed by atoms with E-state index in [0.717, 1.165) is 6.42 Å². The van der Waals surface area contributed by atoms with E-state index in [-0.39, 0.29) is 5.91 Å². The highest BCUT2D eigenvalue weighted by Gasteiger charge is 2.40. The molecule has 14 heavy (non-hydrogen) atoms. The van der Waals surface area contributed by atoms with E-state index in [2.05, 4.69) is 0 Å². The van der Waals surface area contributed by atoms with Crippen molar-refractivity contribution in [3.8, 4) is 0 Å². The molecule has 0 aromatic carbocycles. The molecular formula is C9H16N2O3. The molecule has 2 N–H and O–H groups in total. The van der Waals surface area contributed by atoms with Crippen molar-refractivity contribution in [3.05, 3.63) is 0 Å². The van der Waals surface area contributed by atoms with Gasteiger partial charge in [-0.2, -0.15) is 0 Å². The van der Waals surface area contributed by atoms with Gasteiger partial charge in [0, 0.05) is 13.2 Å². The predicted octanol–water partition coefficient (Wildman–Crippen LogP) is -0.342. The Morgan fingerprint density at radius 3 is 2.57 bits per heavy atom. The van der Waals surface area contributed by atoms with Crippen molar-refractivity contribution in [1.29, 1.82) is 0 Å². The Balaban J connectivity index is 2.00. The van der Waals surface area contributed by atoms with E-state index in [4.69, 9.17) is 15.3 Å². The first-order valence-electron chi connectivity index (χ1n) is 5.04. The lowest BCUT2D eigenvalue weighted by molar-refractivity contribution is -0.178. The molecule has 0 aromatic rings. The summed E-state index contributed by atoms with van der Waals surface area (Å²) in [7, 11) is 0. The second-order valence-corrected chi connectivity index (χ2v) is 3.86. The van der Waals surface area contributed by atoms with Crippen LogP contribution in [0.5, 0.6) is 0 Å². The summed E-state index contributed by atoms with van der Waals surface area (Å²) in [6.45, 7) is 2.42. The van der Waals surface area contributed by atoms with E-state index < -0.39 is 5.54 Å². The molecule has 1 amide bonds. The first-order chi connectivity index (χ1) is 6.72. The molecule has 5 nitrogen and oxygen atoms in total. The number of ether oxygens (including phenoxy) is 1.